The van der Waals surface area contributed by atoms with Crippen molar-refractivity contribution in [3.8, 4) is 5.82 Å². The van der Waals surface area contributed by atoms with Crippen LogP contribution < -0.4 is 5.32 Å². The fraction of sp³-hybridized carbons (Fsp3) is 0.562. The van der Waals surface area contributed by atoms with Gasteiger partial charge in [0.2, 0.25) is 0 Å². The first-order valence-corrected chi connectivity index (χ1v) is 7.78. The third kappa shape index (κ3) is 3.23. The lowest BCUT2D eigenvalue weighted by Crippen LogP contribution is -2.23. The molecular formula is C16H23N5. The van der Waals surface area contributed by atoms with Gasteiger partial charge in [0.15, 0.2) is 5.82 Å². The number of rotatable bonds is 3. The summed E-state index contributed by atoms with van der Waals surface area (Å²) in [6.45, 7) is 5.98. The molecule has 0 aliphatic heterocycles. The summed E-state index contributed by atoms with van der Waals surface area (Å²) in [6, 6.07) is 4.61. The highest BCUT2D eigenvalue weighted by atomic mass is 15.3. The highest BCUT2D eigenvalue weighted by Gasteiger charge is 2.15. The van der Waals surface area contributed by atoms with E-state index < -0.39 is 0 Å². The van der Waals surface area contributed by atoms with Crippen LogP contribution >= 0.6 is 0 Å². The summed E-state index contributed by atoms with van der Waals surface area (Å²) >= 11 is 0. The van der Waals surface area contributed by atoms with E-state index >= 15 is 0 Å². The summed E-state index contributed by atoms with van der Waals surface area (Å²) in [5, 5.41) is 8.07. The Hall–Kier alpha value is -1.91. The van der Waals surface area contributed by atoms with E-state index in [1.54, 1.807) is 0 Å². The van der Waals surface area contributed by atoms with Crippen molar-refractivity contribution in [1.29, 1.82) is 0 Å². The van der Waals surface area contributed by atoms with Crippen LogP contribution in [-0.2, 0) is 0 Å². The van der Waals surface area contributed by atoms with Crippen molar-refractivity contribution in [2.45, 2.75) is 58.9 Å². The predicted octanol–water partition coefficient (Wildman–Crippen LogP) is 3.33. The predicted molar refractivity (Wildman–Crippen MR) is 83.9 cm³/mol. The molecule has 5 heteroatoms. The minimum atomic E-state index is 0.543. The van der Waals surface area contributed by atoms with E-state index in [0.717, 1.165) is 28.8 Å². The normalized spacial score (nSPS) is 16.1. The average molecular weight is 285 g/mol. The number of hydrogen-bond acceptors (Lipinski definition) is 4. The summed E-state index contributed by atoms with van der Waals surface area (Å²) in [4.78, 5) is 9.05. The Morgan fingerprint density at radius 2 is 1.81 bits per heavy atom. The van der Waals surface area contributed by atoms with E-state index in [-0.39, 0.29) is 0 Å². The van der Waals surface area contributed by atoms with Gasteiger partial charge in [0.25, 0.3) is 0 Å². The first kappa shape index (κ1) is 14.0. The van der Waals surface area contributed by atoms with Gasteiger partial charge in [0.05, 0.1) is 5.69 Å². The van der Waals surface area contributed by atoms with Crippen molar-refractivity contribution in [2.75, 3.05) is 5.32 Å². The van der Waals surface area contributed by atoms with Crippen molar-refractivity contribution in [1.82, 2.24) is 19.7 Å². The number of aryl methyl sites for hydroxylation is 3. The zero-order valence-electron chi connectivity index (χ0n) is 13.1. The van der Waals surface area contributed by atoms with Crippen molar-refractivity contribution in [3.63, 3.8) is 0 Å². The first-order valence-electron chi connectivity index (χ1n) is 7.78. The largest absolute Gasteiger partial charge is 0.367 e. The minimum Gasteiger partial charge on any atom is -0.367 e. The lowest BCUT2D eigenvalue weighted by atomic mass is 9.95. The van der Waals surface area contributed by atoms with Crippen LogP contribution in [0, 0.1) is 20.8 Å². The van der Waals surface area contributed by atoms with Crippen molar-refractivity contribution in [3.05, 3.63) is 29.3 Å². The second-order valence-corrected chi connectivity index (χ2v) is 5.98. The summed E-state index contributed by atoms with van der Waals surface area (Å²) in [6.07, 6.45) is 6.45. The lowest BCUT2D eigenvalue weighted by molar-refractivity contribution is 0.461. The Labute approximate surface area is 125 Å². The molecule has 1 fully saturated rings. The van der Waals surface area contributed by atoms with Crippen LogP contribution in [0.15, 0.2) is 12.1 Å². The number of aromatic nitrogens is 4. The zero-order valence-corrected chi connectivity index (χ0v) is 13.1. The molecule has 0 atom stereocenters. The second kappa shape index (κ2) is 5.84. The average Bonchev–Trinajstić information content (AvgIpc) is 2.78. The highest BCUT2D eigenvalue weighted by molar-refractivity contribution is 5.43. The Morgan fingerprint density at radius 1 is 1.05 bits per heavy atom. The van der Waals surface area contributed by atoms with Gasteiger partial charge in [-0.1, -0.05) is 19.3 Å². The number of nitrogens with one attached hydrogen (secondary N) is 1. The molecule has 112 valence electrons. The molecule has 1 aliphatic rings. The second-order valence-electron chi connectivity index (χ2n) is 5.98. The van der Waals surface area contributed by atoms with Gasteiger partial charge < -0.3 is 5.32 Å². The van der Waals surface area contributed by atoms with Gasteiger partial charge in [0, 0.05) is 17.8 Å². The lowest BCUT2D eigenvalue weighted by Gasteiger charge is -2.23. The van der Waals surface area contributed by atoms with E-state index in [4.69, 9.17) is 0 Å². The van der Waals surface area contributed by atoms with E-state index in [1.165, 1.54) is 32.1 Å². The van der Waals surface area contributed by atoms with E-state index in [0.29, 0.717) is 6.04 Å². The van der Waals surface area contributed by atoms with Gasteiger partial charge in [-0.3, -0.25) is 0 Å². The van der Waals surface area contributed by atoms with Crippen LogP contribution in [0.25, 0.3) is 5.82 Å². The molecule has 0 amide bonds. The topological polar surface area (TPSA) is 55.6 Å². The molecule has 2 aromatic heterocycles. The number of anilines is 1. The van der Waals surface area contributed by atoms with Gasteiger partial charge in [-0.05, 0) is 39.7 Å². The van der Waals surface area contributed by atoms with E-state index in [9.17, 15) is 0 Å². The maximum absolute atomic E-state index is 4.53. The Bertz CT molecular complexity index is 626. The molecule has 0 radical (unpaired) electrons. The van der Waals surface area contributed by atoms with Gasteiger partial charge in [-0.2, -0.15) is 5.10 Å². The quantitative estimate of drug-likeness (QED) is 0.939. The van der Waals surface area contributed by atoms with Gasteiger partial charge in [0.1, 0.15) is 11.6 Å². The molecule has 0 aromatic carbocycles. The van der Waals surface area contributed by atoms with Crippen LogP contribution in [0.3, 0.4) is 0 Å². The Kier molecular flexibility index (Phi) is 3.90. The SMILES string of the molecule is Cc1cc(C)n(-c2cc(NC3CCCCC3)nc(C)n2)n1. The smallest absolute Gasteiger partial charge is 0.159 e. The number of hydrogen-bond donors (Lipinski definition) is 1. The van der Waals surface area contributed by atoms with Crippen molar-refractivity contribution >= 4 is 5.82 Å². The van der Waals surface area contributed by atoms with Crippen LogP contribution in [0.4, 0.5) is 5.82 Å². The van der Waals surface area contributed by atoms with Crippen LogP contribution in [0.1, 0.15) is 49.3 Å². The summed E-state index contributed by atoms with van der Waals surface area (Å²) in [5.74, 6) is 2.53. The van der Waals surface area contributed by atoms with Gasteiger partial charge >= 0.3 is 0 Å². The van der Waals surface area contributed by atoms with E-state index in [2.05, 4.69) is 26.4 Å². The van der Waals surface area contributed by atoms with E-state index in [1.807, 2.05) is 31.5 Å². The molecule has 0 bridgehead atoms. The molecule has 1 aliphatic carbocycles. The highest BCUT2D eigenvalue weighted by Crippen LogP contribution is 2.22. The van der Waals surface area contributed by atoms with Gasteiger partial charge in [-0.25, -0.2) is 14.6 Å². The molecule has 5 nitrogen and oxygen atoms in total. The summed E-state index contributed by atoms with van der Waals surface area (Å²) in [5.41, 5.74) is 2.10. The summed E-state index contributed by atoms with van der Waals surface area (Å²) in [7, 11) is 0. The third-order valence-corrected chi connectivity index (χ3v) is 4.01. The molecule has 21 heavy (non-hydrogen) atoms. The van der Waals surface area contributed by atoms with Crippen LogP contribution in [0.2, 0.25) is 0 Å². The third-order valence-electron chi connectivity index (χ3n) is 4.01. The molecule has 2 heterocycles. The van der Waals surface area contributed by atoms with Crippen molar-refractivity contribution < 1.29 is 0 Å². The molecule has 0 unspecified atom stereocenters. The molecule has 0 spiro atoms. The monoisotopic (exact) mass is 285 g/mol. The fourth-order valence-electron chi connectivity index (χ4n) is 3.05. The van der Waals surface area contributed by atoms with Crippen LogP contribution in [0.5, 0.6) is 0 Å². The first-order chi connectivity index (χ1) is 10.1. The van der Waals surface area contributed by atoms with Crippen LogP contribution in [-0.4, -0.2) is 25.8 Å². The summed E-state index contributed by atoms with van der Waals surface area (Å²) < 4.78 is 1.88. The molecule has 1 N–H and O–H groups in total. The fourth-order valence-corrected chi connectivity index (χ4v) is 3.05. The number of nitrogens with zero attached hydrogens (tertiary/aromatic N) is 4. The maximum atomic E-state index is 4.53. The minimum absolute atomic E-state index is 0.543. The standard InChI is InChI=1S/C16H23N5/c1-11-9-12(2)21(20-11)16-10-15(17-13(3)18-16)19-14-7-5-4-6-8-14/h9-10,14H,4-8H2,1-3H3,(H,17,18,19). The molecule has 2 aromatic rings. The van der Waals surface area contributed by atoms with Gasteiger partial charge in [-0.15, -0.1) is 0 Å². The van der Waals surface area contributed by atoms with Crippen molar-refractivity contribution in [2.24, 2.45) is 0 Å². The molecule has 0 saturated heterocycles. The molecule has 3 rings (SSSR count). The Balaban J connectivity index is 1.87. The zero-order chi connectivity index (χ0) is 14.8. The Morgan fingerprint density at radius 3 is 2.48 bits per heavy atom. The maximum Gasteiger partial charge on any atom is 0.159 e. The molecule has 1 saturated carbocycles. The molecular weight excluding hydrogens is 262 g/mol.